The Kier molecular flexibility index (Phi) is 5.04. The molecule has 0 aliphatic carbocycles. The smallest absolute Gasteiger partial charge is 0.342 e. The summed E-state index contributed by atoms with van der Waals surface area (Å²) in [6.07, 6.45) is -1.47. The molecule has 0 saturated carbocycles. The minimum atomic E-state index is -2.17. The molecular weight excluding hydrogens is 386 g/mol. The van der Waals surface area contributed by atoms with E-state index in [-0.39, 0.29) is 23.9 Å². The average Bonchev–Trinajstić information content (AvgIpc) is 2.67. The van der Waals surface area contributed by atoms with Gasteiger partial charge < -0.3 is 14.8 Å². The molecule has 10 heteroatoms. The minimum absolute atomic E-state index is 0.0294. The fraction of sp³-hybridized carbons (Fsp3) is 0.167. The number of halogens is 4. The van der Waals surface area contributed by atoms with Gasteiger partial charge in [0.15, 0.2) is 36.0 Å². The number of Topliss-reactive ketones (excluding diaryl/α,β-unsaturated/α-hetero) is 1. The molecule has 0 saturated heterocycles. The summed E-state index contributed by atoms with van der Waals surface area (Å²) in [5.74, 6) is -10.3. The summed E-state index contributed by atoms with van der Waals surface area (Å²) < 4.78 is 63.0. The van der Waals surface area contributed by atoms with E-state index in [0.717, 1.165) is 6.92 Å². The molecule has 0 bridgehead atoms. The van der Waals surface area contributed by atoms with Gasteiger partial charge in [0.2, 0.25) is 5.78 Å². The Balaban J connectivity index is 1.79. The van der Waals surface area contributed by atoms with E-state index in [2.05, 4.69) is 5.32 Å². The molecule has 0 radical (unpaired) electrons. The number of ether oxygens (including phenoxy) is 2. The molecule has 0 spiro atoms. The standard InChI is InChI=1S/C18H11F4NO5/c1-7(28-18(26)9-5-10(19)15(21)16(22)14(9)20)17(25)8-2-3-12-11(4-8)23-13(24)6-27-12/h2-5,7H,6H2,1H3,(H,23,24). The van der Waals surface area contributed by atoms with Crippen molar-refractivity contribution < 1.29 is 41.4 Å². The number of esters is 1. The van der Waals surface area contributed by atoms with Crippen LogP contribution in [0.25, 0.3) is 0 Å². The van der Waals surface area contributed by atoms with Crippen LogP contribution in [0.2, 0.25) is 0 Å². The number of ketones is 1. The number of fused-ring (bicyclic) bond motifs is 1. The number of anilines is 1. The highest BCUT2D eigenvalue weighted by Gasteiger charge is 2.28. The second-order valence-corrected chi connectivity index (χ2v) is 5.81. The predicted molar refractivity (Wildman–Crippen MR) is 86.0 cm³/mol. The van der Waals surface area contributed by atoms with Crippen molar-refractivity contribution in [1.29, 1.82) is 0 Å². The lowest BCUT2D eigenvalue weighted by molar-refractivity contribution is -0.118. The molecule has 2 aromatic carbocycles. The van der Waals surface area contributed by atoms with E-state index in [9.17, 15) is 31.9 Å². The van der Waals surface area contributed by atoms with Crippen LogP contribution < -0.4 is 10.1 Å². The highest BCUT2D eigenvalue weighted by molar-refractivity contribution is 6.04. The van der Waals surface area contributed by atoms with Crippen LogP contribution in [0.4, 0.5) is 23.2 Å². The fourth-order valence-corrected chi connectivity index (χ4v) is 2.47. The van der Waals surface area contributed by atoms with Gasteiger partial charge in [0.05, 0.1) is 5.69 Å². The number of amides is 1. The Morgan fingerprint density at radius 3 is 2.54 bits per heavy atom. The Morgan fingerprint density at radius 2 is 1.82 bits per heavy atom. The Morgan fingerprint density at radius 1 is 1.11 bits per heavy atom. The van der Waals surface area contributed by atoms with Crippen molar-refractivity contribution in [2.75, 3.05) is 11.9 Å². The summed E-state index contributed by atoms with van der Waals surface area (Å²) in [5, 5.41) is 2.49. The van der Waals surface area contributed by atoms with E-state index >= 15 is 0 Å². The summed E-state index contributed by atoms with van der Waals surface area (Å²) in [5.41, 5.74) is -0.932. The number of carbonyl (C=O) groups is 3. The lowest BCUT2D eigenvalue weighted by Crippen LogP contribution is -2.27. The van der Waals surface area contributed by atoms with Gasteiger partial charge in [0.25, 0.3) is 5.91 Å². The molecule has 0 fully saturated rings. The van der Waals surface area contributed by atoms with Crippen LogP contribution in [-0.4, -0.2) is 30.4 Å². The number of hydrogen-bond donors (Lipinski definition) is 1. The Bertz CT molecular complexity index is 1010. The minimum Gasteiger partial charge on any atom is -0.482 e. The van der Waals surface area contributed by atoms with Crippen LogP contribution in [0.5, 0.6) is 5.75 Å². The summed E-state index contributed by atoms with van der Waals surface area (Å²) in [6, 6.07) is 4.19. The van der Waals surface area contributed by atoms with E-state index in [1.54, 1.807) is 0 Å². The molecule has 1 atom stereocenters. The lowest BCUT2D eigenvalue weighted by atomic mass is 10.1. The molecule has 2 aromatic rings. The van der Waals surface area contributed by atoms with Crippen molar-refractivity contribution in [3.05, 3.63) is 58.7 Å². The molecule has 1 unspecified atom stereocenters. The first-order valence-corrected chi connectivity index (χ1v) is 7.84. The van der Waals surface area contributed by atoms with Gasteiger partial charge in [0, 0.05) is 5.56 Å². The molecule has 1 heterocycles. The van der Waals surface area contributed by atoms with Crippen molar-refractivity contribution in [3.8, 4) is 5.75 Å². The number of benzene rings is 2. The fourth-order valence-electron chi connectivity index (χ4n) is 2.47. The van der Waals surface area contributed by atoms with Crippen molar-refractivity contribution in [1.82, 2.24) is 0 Å². The van der Waals surface area contributed by atoms with E-state index in [4.69, 9.17) is 9.47 Å². The average molecular weight is 397 g/mol. The maximum Gasteiger partial charge on any atom is 0.342 e. The van der Waals surface area contributed by atoms with E-state index < -0.39 is 52.6 Å². The number of carbonyl (C=O) groups excluding carboxylic acids is 3. The third-order valence-corrected chi connectivity index (χ3v) is 3.87. The van der Waals surface area contributed by atoms with Crippen molar-refractivity contribution in [3.63, 3.8) is 0 Å². The monoisotopic (exact) mass is 397 g/mol. The first kappa shape index (κ1) is 19.3. The maximum absolute atomic E-state index is 13.7. The molecule has 1 aliphatic rings. The molecule has 1 aliphatic heterocycles. The summed E-state index contributed by atoms with van der Waals surface area (Å²) in [7, 11) is 0. The predicted octanol–water partition coefficient (Wildman–Crippen LogP) is 3.00. The van der Waals surface area contributed by atoms with Gasteiger partial charge in [-0.05, 0) is 31.2 Å². The van der Waals surface area contributed by atoms with E-state index in [0.29, 0.717) is 5.75 Å². The van der Waals surface area contributed by atoms with Gasteiger partial charge in [-0.1, -0.05) is 0 Å². The van der Waals surface area contributed by atoms with Gasteiger partial charge in [-0.25, -0.2) is 22.4 Å². The largest absolute Gasteiger partial charge is 0.482 e. The van der Waals surface area contributed by atoms with Crippen molar-refractivity contribution >= 4 is 23.3 Å². The third kappa shape index (κ3) is 3.53. The molecule has 28 heavy (non-hydrogen) atoms. The van der Waals surface area contributed by atoms with Gasteiger partial charge in [-0.15, -0.1) is 0 Å². The molecule has 146 valence electrons. The molecule has 1 N–H and O–H groups in total. The normalized spacial score (nSPS) is 13.8. The SMILES string of the molecule is CC(OC(=O)c1cc(F)c(F)c(F)c1F)C(=O)c1ccc2c(c1)NC(=O)CO2. The first-order valence-electron chi connectivity index (χ1n) is 7.84. The van der Waals surface area contributed by atoms with Crippen LogP contribution in [-0.2, 0) is 9.53 Å². The second kappa shape index (κ2) is 7.29. The van der Waals surface area contributed by atoms with E-state index in [1.165, 1.54) is 18.2 Å². The van der Waals surface area contributed by atoms with Crippen LogP contribution >= 0.6 is 0 Å². The van der Waals surface area contributed by atoms with Gasteiger partial charge >= 0.3 is 5.97 Å². The van der Waals surface area contributed by atoms with Gasteiger partial charge in [-0.3, -0.25) is 9.59 Å². The maximum atomic E-state index is 13.7. The van der Waals surface area contributed by atoms with Crippen molar-refractivity contribution in [2.24, 2.45) is 0 Å². The van der Waals surface area contributed by atoms with Crippen LogP contribution in [0.3, 0.4) is 0 Å². The van der Waals surface area contributed by atoms with Gasteiger partial charge in [-0.2, -0.15) is 0 Å². The number of nitrogens with one attached hydrogen (secondary N) is 1. The quantitative estimate of drug-likeness (QED) is 0.282. The van der Waals surface area contributed by atoms with Gasteiger partial charge in [0.1, 0.15) is 11.3 Å². The highest BCUT2D eigenvalue weighted by Crippen LogP contribution is 2.29. The molecular formula is C18H11F4NO5. The molecule has 6 nitrogen and oxygen atoms in total. The zero-order chi connectivity index (χ0) is 20.6. The van der Waals surface area contributed by atoms with E-state index in [1.807, 2.05) is 0 Å². The summed E-state index contributed by atoms with van der Waals surface area (Å²) in [4.78, 5) is 35.7. The molecule has 0 aromatic heterocycles. The zero-order valence-corrected chi connectivity index (χ0v) is 14.1. The topological polar surface area (TPSA) is 81.7 Å². The Hall–Kier alpha value is -3.43. The summed E-state index contributed by atoms with van der Waals surface area (Å²) in [6.45, 7) is 0.980. The molecule has 3 rings (SSSR count). The van der Waals surface area contributed by atoms with Crippen LogP contribution in [0.15, 0.2) is 24.3 Å². The summed E-state index contributed by atoms with van der Waals surface area (Å²) >= 11 is 0. The number of rotatable bonds is 4. The van der Waals surface area contributed by atoms with Crippen LogP contribution in [0.1, 0.15) is 27.6 Å². The first-order chi connectivity index (χ1) is 13.2. The zero-order valence-electron chi connectivity index (χ0n) is 14.1. The van der Waals surface area contributed by atoms with Crippen LogP contribution in [0, 0.1) is 23.3 Å². The van der Waals surface area contributed by atoms with Crippen molar-refractivity contribution in [2.45, 2.75) is 13.0 Å². The number of hydrogen-bond acceptors (Lipinski definition) is 5. The second-order valence-electron chi connectivity index (χ2n) is 5.81. The Labute approximate surface area is 155 Å². The molecule has 1 amide bonds. The highest BCUT2D eigenvalue weighted by atomic mass is 19.2. The third-order valence-electron chi connectivity index (χ3n) is 3.87. The lowest BCUT2D eigenvalue weighted by Gasteiger charge is -2.19.